The average molecular weight is 257 g/mol. The highest BCUT2D eigenvalue weighted by molar-refractivity contribution is 5.25. The van der Waals surface area contributed by atoms with Crippen molar-refractivity contribution in [1.29, 1.82) is 0 Å². The zero-order chi connectivity index (χ0) is 13.5. The summed E-state index contributed by atoms with van der Waals surface area (Å²) >= 11 is 0. The molecule has 0 amide bonds. The van der Waals surface area contributed by atoms with Crippen molar-refractivity contribution in [3.8, 4) is 5.75 Å². The second kappa shape index (κ2) is 6.85. The van der Waals surface area contributed by atoms with Crippen molar-refractivity contribution < 1.29 is 5.11 Å². The van der Waals surface area contributed by atoms with E-state index in [1.165, 1.54) is 5.56 Å². The molecular weight excluding hydrogens is 238 g/mol. The van der Waals surface area contributed by atoms with Crippen molar-refractivity contribution in [3.63, 3.8) is 0 Å². The van der Waals surface area contributed by atoms with E-state index >= 15 is 0 Å². The molecular formula is C15H19N3O. The van der Waals surface area contributed by atoms with Gasteiger partial charge in [-0.15, -0.1) is 0 Å². The smallest absolute Gasteiger partial charge is 0.115 e. The third kappa shape index (κ3) is 4.67. The molecule has 2 aromatic rings. The molecule has 1 aromatic heterocycles. The zero-order valence-electron chi connectivity index (χ0n) is 11.1. The lowest BCUT2D eigenvalue weighted by Crippen LogP contribution is -2.26. The molecule has 0 saturated carbocycles. The summed E-state index contributed by atoms with van der Waals surface area (Å²) in [4.78, 5) is 8.07. The lowest BCUT2D eigenvalue weighted by Gasteiger charge is -2.13. The number of nitrogens with zero attached hydrogens (tertiary/aromatic N) is 2. The van der Waals surface area contributed by atoms with Crippen LogP contribution in [-0.2, 0) is 13.0 Å². The van der Waals surface area contributed by atoms with E-state index in [9.17, 15) is 5.11 Å². The van der Waals surface area contributed by atoms with Gasteiger partial charge in [0.25, 0.3) is 0 Å². The minimum absolute atomic E-state index is 0.318. The molecule has 1 unspecified atom stereocenters. The molecule has 0 aliphatic carbocycles. The first kappa shape index (κ1) is 13.5. The van der Waals surface area contributed by atoms with Crippen LogP contribution >= 0.6 is 0 Å². The summed E-state index contributed by atoms with van der Waals surface area (Å²) in [5.74, 6) is 0.318. The zero-order valence-corrected chi connectivity index (χ0v) is 11.1. The van der Waals surface area contributed by atoms with Crippen molar-refractivity contribution in [2.45, 2.75) is 32.4 Å². The SMILES string of the molecule is CC(CCc1ccc(O)cc1)NCc1ccncn1. The number of hydrogen-bond acceptors (Lipinski definition) is 4. The van der Waals surface area contributed by atoms with E-state index in [1.54, 1.807) is 24.7 Å². The Balaban J connectivity index is 1.72. The third-order valence-corrected chi connectivity index (χ3v) is 3.08. The van der Waals surface area contributed by atoms with Gasteiger partial charge in [0.2, 0.25) is 0 Å². The molecule has 100 valence electrons. The van der Waals surface area contributed by atoms with Crippen molar-refractivity contribution in [2.24, 2.45) is 0 Å². The first-order chi connectivity index (χ1) is 9.24. The minimum atomic E-state index is 0.318. The minimum Gasteiger partial charge on any atom is -0.508 e. The number of phenolic OH excluding ortho intramolecular Hbond substituents is 1. The van der Waals surface area contributed by atoms with E-state index in [0.717, 1.165) is 25.1 Å². The lowest BCUT2D eigenvalue weighted by molar-refractivity contribution is 0.474. The van der Waals surface area contributed by atoms with E-state index in [2.05, 4.69) is 22.2 Å². The highest BCUT2D eigenvalue weighted by Crippen LogP contribution is 2.12. The highest BCUT2D eigenvalue weighted by Gasteiger charge is 2.03. The van der Waals surface area contributed by atoms with Gasteiger partial charge in [-0.25, -0.2) is 9.97 Å². The van der Waals surface area contributed by atoms with Gasteiger partial charge in [-0.3, -0.25) is 0 Å². The molecule has 2 N–H and O–H groups in total. The van der Waals surface area contributed by atoms with Crippen molar-refractivity contribution in [2.75, 3.05) is 0 Å². The molecule has 1 atom stereocenters. The summed E-state index contributed by atoms with van der Waals surface area (Å²) in [7, 11) is 0. The predicted molar refractivity (Wildman–Crippen MR) is 74.8 cm³/mol. The van der Waals surface area contributed by atoms with Gasteiger partial charge in [-0.1, -0.05) is 12.1 Å². The monoisotopic (exact) mass is 257 g/mol. The molecule has 0 aliphatic heterocycles. The van der Waals surface area contributed by atoms with Gasteiger partial charge in [0.15, 0.2) is 0 Å². The average Bonchev–Trinajstić information content (AvgIpc) is 2.45. The van der Waals surface area contributed by atoms with Crippen LogP contribution in [0.5, 0.6) is 5.75 Å². The fraction of sp³-hybridized carbons (Fsp3) is 0.333. The molecule has 4 heteroatoms. The van der Waals surface area contributed by atoms with Crippen LogP contribution in [0.3, 0.4) is 0 Å². The van der Waals surface area contributed by atoms with Gasteiger partial charge < -0.3 is 10.4 Å². The Labute approximate surface area is 113 Å². The van der Waals surface area contributed by atoms with Crippen LogP contribution in [0.2, 0.25) is 0 Å². The number of aryl methyl sites for hydroxylation is 1. The molecule has 0 radical (unpaired) electrons. The molecule has 0 saturated heterocycles. The maximum absolute atomic E-state index is 9.22. The highest BCUT2D eigenvalue weighted by atomic mass is 16.3. The number of benzene rings is 1. The van der Waals surface area contributed by atoms with E-state index < -0.39 is 0 Å². The Morgan fingerprint density at radius 3 is 2.68 bits per heavy atom. The van der Waals surface area contributed by atoms with Gasteiger partial charge in [0, 0.05) is 18.8 Å². The Hall–Kier alpha value is -1.94. The normalized spacial score (nSPS) is 12.3. The standard InChI is InChI=1S/C15H19N3O/c1-12(17-10-14-8-9-16-11-18-14)2-3-13-4-6-15(19)7-5-13/h4-9,11-12,17,19H,2-3,10H2,1H3. The van der Waals surface area contributed by atoms with Crippen LogP contribution < -0.4 is 5.32 Å². The molecule has 4 nitrogen and oxygen atoms in total. The second-order valence-corrected chi connectivity index (χ2v) is 4.69. The van der Waals surface area contributed by atoms with Crippen LogP contribution in [0.25, 0.3) is 0 Å². The largest absolute Gasteiger partial charge is 0.508 e. The Morgan fingerprint density at radius 2 is 2.00 bits per heavy atom. The summed E-state index contributed by atoms with van der Waals surface area (Å²) in [5, 5.41) is 12.7. The van der Waals surface area contributed by atoms with E-state index in [1.807, 2.05) is 18.2 Å². The summed E-state index contributed by atoms with van der Waals surface area (Å²) < 4.78 is 0. The maximum atomic E-state index is 9.22. The molecule has 2 rings (SSSR count). The third-order valence-electron chi connectivity index (χ3n) is 3.08. The Morgan fingerprint density at radius 1 is 1.21 bits per heavy atom. The Bertz CT molecular complexity index is 485. The topological polar surface area (TPSA) is 58.0 Å². The predicted octanol–water partition coefficient (Wildman–Crippen LogP) is 2.29. The molecule has 0 spiro atoms. The van der Waals surface area contributed by atoms with E-state index in [-0.39, 0.29) is 0 Å². The molecule has 0 bridgehead atoms. The maximum Gasteiger partial charge on any atom is 0.115 e. The number of hydrogen-bond donors (Lipinski definition) is 2. The van der Waals surface area contributed by atoms with Crippen LogP contribution in [0, 0.1) is 0 Å². The number of aromatic nitrogens is 2. The fourth-order valence-corrected chi connectivity index (χ4v) is 1.85. The quantitative estimate of drug-likeness (QED) is 0.833. The van der Waals surface area contributed by atoms with Crippen LogP contribution in [0.1, 0.15) is 24.6 Å². The van der Waals surface area contributed by atoms with Crippen molar-refractivity contribution >= 4 is 0 Å². The van der Waals surface area contributed by atoms with Gasteiger partial charge in [-0.2, -0.15) is 0 Å². The second-order valence-electron chi connectivity index (χ2n) is 4.69. The van der Waals surface area contributed by atoms with E-state index in [4.69, 9.17) is 0 Å². The number of phenols is 1. The molecule has 1 aromatic carbocycles. The fourth-order valence-electron chi connectivity index (χ4n) is 1.85. The number of aromatic hydroxyl groups is 1. The first-order valence-electron chi connectivity index (χ1n) is 6.50. The van der Waals surface area contributed by atoms with Gasteiger partial charge >= 0.3 is 0 Å². The lowest BCUT2D eigenvalue weighted by atomic mass is 10.1. The van der Waals surface area contributed by atoms with Crippen LogP contribution in [-0.4, -0.2) is 21.1 Å². The summed E-state index contributed by atoms with van der Waals surface area (Å²) in [6.45, 7) is 2.93. The molecule has 0 aliphatic rings. The van der Waals surface area contributed by atoms with Crippen molar-refractivity contribution in [1.82, 2.24) is 15.3 Å². The number of nitrogens with one attached hydrogen (secondary N) is 1. The van der Waals surface area contributed by atoms with Crippen LogP contribution in [0.4, 0.5) is 0 Å². The number of rotatable bonds is 6. The van der Waals surface area contributed by atoms with Crippen molar-refractivity contribution in [3.05, 3.63) is 54.1 Å². The molecule has 19 heavy (non-hydrogen) atoms. The van der Waals surface area contributed by atoms with Gasteiger partial charge in [0.1, 0.15) is 12.1 Å². The van der Waals surface area contributed by atoms with E-state index in [0.29, 0.717) is 11.8 Å². The first-order valence-corrected chi connectivity index (χ1v) is 6.50. The van der Waals surface area contributed by atoms with Crippen LogP contribution in [0.15, 0.2) is 42.9 Å². The summed E-state index contributed by atoms with van der Waals surface area (Å²) in [6.07, 6.45) is 5.37. The van der Waals surface area contributed by atoms with Gasteiger partial charge in [0.05, 0.1) is 5.69 Å². The summed E-state index contributed by atoms with van der Waals surface area (Å²) in [6, 6.07) is 9.73. The Kier molecular flexibility index (Phi) is 4.86. The molecule has 0 fully saturated rings. The molecule has 1 heterocycles. The van der Waals surface area contributed by atoms with Gasteiger partial charge in [-0.05, 0) is 43.5 Å². The summed E-state index contributed by atoms with van der Waals surface area (Å²) in [5.41, 5.74) is 2.25.